The van der Waals surface area contributed by atoms with Gasteiger partial charge in [0.1, 0.15) is 5.60 Å². The van der Waals surface area contributed by atoms with Crippen LogP contribution in [0.5, 0.6) is 0 Å². The van der Waals surface area contributed by atoms with Crippen LogP contribution < -0.4 is 5.32 Å². The number of fused-ring (bicyclic) bond motifs is 1. The molecule has 0 bridgehead atoms. The Balaban J connectivity index is 2.10. The molecule has 122 valence electrons. The van der Waals surface area contributed by atoms with E-state index in [9.17, 15) is 4.79 Å². The van der Waals surface area contributed by atoms with Gasteiger partial charge in [0, 0.05) is 12.6 Å². The summed E-state index contributed by atoms with van der Waals surface area (Å²) in [5.41, 5.74) is 3.38. The lowest BCUT2D eigenvalue weighted by Crippen LogP contribution is -2.58. The third-order valence-electron chi connectivity index (χ3n) is 4.13. The van der Waals surface area contributed by atoms with E-state index in [0.29, 0.717) is 0 Å². The predicted molar refractivity (Wildman–Crippen MR) is 86.6 cm³/mol. The largest absolute Gasteiger partial charge is 0.457 e. The Hall–Kier alpha value is -1.35. The molecule has 4 heteroatoms. The lowest BCUT2D eigenvalue weighted by Gasteiger charge is -2.41. The van der Waals surface area contributed by atoms with Crippen LogP contribution in [-0.4, -0.2) is 36.4 Å². The fourth-order valence-electron chi connectivity index (χ4n) is 3.19. The Bertz CT molecular complexity index is 497. The van der Waals surface area contributed by atoms with Gasteiger partial charge in [-0.1, -0.05) is 12.2 Å². The molecule has 0 radical (unpaired) electrons. The molecular weight excluding hydrogens is 278 g/mol. The van der Waals surface area contributed by atoms with E-state index in [1.165, 1.54) is 0 Å². The average molecular weight is 305 g/mol. The number of morpholine rings is 1. The molecule has 1 saturated carbocycles. The molecule has 2 atom stereocenters. The van der Waals surface area contributed by atoms with Crippen molar-refractivity contribution in [1.82, 2.24) is 5.32 Å². The number of nitrogens with one attached hydrogen (secondary N) is 1. The highest BCUT2D eigenvalue weighted by Crippen LogP contribution is 2.35. The highest BCUT2D eigenvalue weighted by Gasteiger charge is 2.41. The molecule has 2 aliphatic rings. The van der Waals surface area contributed by atoms with E-state index >= 15 is 0 Å². The second-order valence-electron chi connectivity index (χ2n) is 7.05. The number of carbonyl (C=O) groups is 1. The first kappa shape index (κ1) is 17.0. The molecule has 0 aromatic carbocycles. The summed E-state index contributed by atoms with van der Waals surface area (Å²) in [6, 6.07) is 0. The fourth-order valence-corrected chi connectivity index (χ4v) is 3.19. The van der Waals surface area contributed by atoms with Gasteiger partial charge >= 0.3 is 5.97 Å². The van der Waals surface area contributed by atoms with Crippen molar-refractivity contribution in [2.45, 2.75) is 63.7 Å². The fraction of sp³-hybridized carbons (Fsp3) is 0.667. The zero-order valence-electron chi connectivity index (χ0n) is 13.9. The van der Waals surface area contributed by atoms with Crippen LogP contribution in [-0.2, 0) is 14.3 Å². The first-order chi connectivity index (χ1) is 10.3. The quantitative estimate of drug-likeness (QED) is 0.484. The number of allylic oxidation sites excluding steroid dienone is 1. The molecule has 0 spiro atoms. The van der Waals surface area contributed by atoms with Gasteiger partial charge < -0.3 is 14.8 Å². The van der Waals surface area contributed by atoms with E-state index in [1.54, 1.807) is 6.08 Å². The summed E-state index contributed by atoms with van der Waals surface area (Å²) in [6.07, 6.45) is 7.25. The van der Waals surface area contributed by atoms with E-state index in [2.05, 4.69) is 17.6 Å². The van der Waals surface area contributed by atoms with E-state index in [-0.39, 0.29) is 17.6 Å². The van der Waals surface area contributed by atoms with Gasteiger partial charge in [0.05, 0.1) is 18.2 Å². The Morgan fingerprint density at radius 2 is 2.27 bits per heavy atom. The SMILES string of the molecule is C=C=CC12CCC(=CC(=O)OC(C)(C)C)CCC1OCCN2. The molecule has 1 aliphatic carbocycles. The van der Waals surface area contributed by atoms with Crippen molar-refractivity contribution in [3.05, 3.63) is 30.0 Å². The van der Waals surface area contributed by atoms with Crippen LogP contribution in [0, 0.1) is 0 Å². The smallest absolute Gasteiger partial charge is 0.331 e. The van der Waals surface area contributed by atoms with E-state index in [4.69, 9.17) is 9.47 Å². The second-order valence-corrected chi connectivity index (χ2v) is 7.05. The van der Waals surface area contributed by atoms with Crippen molar-refractivity contribution in [1.29, 1.82) is 0 Å². The molecule has 1 aliphatic heterocycles. The number of carbonyl (C=O) groups excluding carboxylic acids is 1. The third kappa shape index (κ3) is 4.33. The lowest BCUT2D eigenvalue weighted by atomic mass is 9.86. The minimum absolute atomic E-state index is 0.111. The summed E-state index contributed by atoms with van der Waals surface area (Å²) < 4.78 is 11.3. The highest BCUT2D eigenvalue weighted by molar-refractivity contribution is 5.83. The molecule has 0 aromatic heterocycles. The Morgan fingerprint density at radius 1 is 1.50 bits per heavy atom. The van der Waals surface area contributed by atoms with Crippen molar-refractivity contribution >= 4 is 5.97 Å². The van der Waals surface area contributed by atoms with Gasteiger partial charge in [0.15, 0.2) is 0 Å². The predicted octanol–water partition coefficient (Wildman–Crippen LogP) is 2.90. The van der Waals surface area contributed by atoms with Gasteiger partial charge in [-0.3, -0.25) is 0 Å². The molecule has 0 amide bonds. The molecule has 1 saturated heterocycles. The summed E-state index contributed by atoms with van der Waals surface area (Å²) in [6.45, 7) is 10.9. The topological polar surface area (TPSA) is 47.6 Å². The van der Waals surface area contributed by atoms with Crippen LogP contribution in [0.1, 0.15) is 46.5 Å². The van der Waals surface area contributed by atoms with Crippen molar-refractivity contribution in [3.63, 3.8) is 0 Å². The van der Waals surface area contributed by atoms with Gasteiger partial charge in [-0.25, -0.2) is 4.79 Å². The van der Waals surface area contributed by atoms with E-state index in [1.807, 2.05) is 26.8 Å². The average Bonchev–Trinajstić information content (AvgIpc) is 2.58. The minimum atomic E-state index is -0.454. The lowest BCUT2D eigenvalue weighted by molar-refractivity contribution is -0.148. The van der Waals surface area contributed by atoms with Crippen molar-refractivity contribution in [3.8, 4) is 0 Å². The standard InChI is InChI=1S/C18H27NO3/c1-5-9-18-10-8-14(13-16(20)22-17(2,3)4)6-7-15(18)21-12-11-19-18/h9,13,15,19H,1,6-8,10-12H2,2-4H3. The van der Waals surface area contributed by atoms with Gasteiger partial charge in [-0.15, -0.1) is 5.73 Å². The molecule has 2 rings (SSSR count). The first-order valence-electron chi connectivity index (χ1n) is 8.01. The first-order valence-corrected chi connectivity index (χ1v) is 8.01. The van der Waals surface area contributed by atoms with Gasteiger partial charge in [0.25, 0.3) is 0 Å². The summed E-state index contributed by atoms with van der Waals surface area (Å²) >= 11 is 0. The van der Waals surface area contributed by atoms with Gasteiger partial charge in [-0.2, -0.15) is 0 Å². The second kappa shape index (κ2) is 6.82. The Morgan fingerprint density at radius 3 is 2.95 bits per heavy atom. The van der Waals surface area contributed by atoms with Crippen LogP contribution >= 0.6 is 0 Å². The highest BCUT2D eigenvalue weighted by atomic mass is 16.6. The van der Waals surface area contributed by atoms with Crippen molar-refractivity contribution in [2.24, 2.45) is 0 Å². The third-order valence-corrected chi connectivity index (χ3v) is 4.13. The number of ether oxygens (including phenoxy) is 2. The normalized spacial score (nSPS) is 30.9. The summed E-state index contributed by atoms with van der Waals surface area (Å²) in [7, 11) is 0. The maximum absolute atomic E-state index is 12.0. The molecule has 4 nitrogen and oxygen atoms in total. The maximum Gasteiger partial charge on any atom is 0.331 e. The molecule has 2 fully saturated rings. The zero-order chi connectivity index (χ0) is 16.2. The number of rotatable bonds is 2. The Kier molecular flexibility index (Phi) is 5.28. The van der Waals surface area contributed by atoms with Crippen LogP contribution in [0.2, 0.25) is 0 Å². The number of hydrogen-bond acceptors (Lipinski definition) is 4. The molecule has 1 N–H and O–H groups in total. The molecule has 2 unspecified atom stereocenters. The summed E-state index contributed by atoms with van der Waals surface area (Å²) in [4.78, 5) is 12.0. The maximum atomic E-state index is 12.0. The van der Waals surface area contributed by atoms with Crippen LogP contribution in [0.15, 0.2) is 30.0 Å². The van der Waals surface area contributed by atoms with Crippen LogP contribution in [0.3, 0.4) is 0 Å². The van der Waals surface area contributed by atoms with Crippen LogP contribution in [0.4, 0.5) is 0 Å². The number of esters is 1. The van der Waals surface area contributed by atoms with E-state index in [0.717, 1.165) is 44.4 Å². The Labute approximate surface area is 133 Å². The van der Waals surface area contributed by atoms with Gasteiger partial charge in [0.2, 0.25) is 0 Å². The number of hydrogen-bond donors (Lipinski definition) is 1. The van der Waals surface area contributed by atoms with Gasteiger partial charge in [-0.05, 0) is 52.5 Å². The van der Waals surface area contributed by atoms with Crippen molar-refractivity contribution in [2.75, 3.05) is 13.2 Å². The summed E-state index contributed by atoms with van der Waals surface area (Å²) in [5, 5.41) is 3.56. The molecule has 0 aromatic rings. The summed E-state index contributed by atoms with van der Waals surface area (Å²) in [5.74, 6) is -0.255. The zero-order valence-corrected chi connectivity index (χ0v) is 13.9. The molecule has 1 heterocycles. The van der Waals surface area contributed by atoms with Crippen molar-refractivity contribution < 1.29 is 14.3 Å². The molecule has 22 heavy (non-hydrogen) atoms. The molecular formula is C18H27NO3. The van der Waals surface area contributed by atoms with E-state index < -0.39 is 5.60 Å². The van der Waals surface area contributed by atoms with Crippen LogP contribution in [0.25, 0.3) is 0 Å². The monoisotopic (exact) mass is 305 g/mol. The minimum Gasteiger partial charge on any atom is -0.457 e.